The lowest BCUT2D eigenvalue weighted by Crippen LogP contribution is -2.09. The van der Waals surface area contributed by atoms with Gasteiger partial charge in [0.1, 0.15) is 0 Å². The molecule has 0 amide bonds. The number of fused-ring (bicyclic) bond motifs is 1. The van der Waals surface area contributed by atoms with Crippen LogP contribution in [0.25, 0.3) is 10.8 Å². The molecule has 0 saturated heterocycles. The first-order valence-corrected chi connectivity index (χ1v) is 8.45. The molecular weight excluding hydrogens is 310 g/mol. The fourth-order valence-corrected chi connectivity index (χ4v) is 2.98. The molecule has 1 atom stereocenters. The van der Waals surface area contributed by atoms with Crippen molar-refractivity contribution in [1.82, 2.24) is 0 Å². The lowest BCUT2D eigenvalue weighted by Gasteiger charge is -2.13. The van der Waals surface area contributed by atoms with Gasteiger partial charge in [0.2, 0.25) is 0 Å². The summed E-state index contributed by atoms with van der Waals surface area (Å²) in [6.07, 6.45) is 7.62. The van der Waals surface area contributed by atoms with Crippen LogP contribution in [-0.4, -0.2) is 0 Å². The normalized spacial score (nSPS) is 12.8. The van der Waals surface area contributed by atoms with Crippen LogP contribution in [-0.2, 0) is 0 Å². The van der Waals surface area contributed by atoms with Gasteiger partial charge in [-0.3, -0.25) is 0 Å². The number of unbranched alkanes of at least 4 members (excludes halogenated alkanes) is 4. The van der Waals surface area contributed by atoms with Gasteiger partial charge in [0.25, 0.3) is 0 Å². The zero-order valence-electron chi connectivity index (χ0n) is 12.2. The molecule has 20 heavy (non-hydrogen) atoms. The van der Waals surface area contributed by atoms with Crippen molar-refractivity contribution in [2.75, 3.05) is 0 Å². The van der Waals surface area contributed by atoms with E-state index in [0.717, 1.165) is 10.9 Å². The summed E-state index contributed by atoms with van der Waals surface area (Å²) in [5.74, 6) is 0. The molecule has 2 aromatic carbocycles. The second kappa shape index (κ2) is 7.80. The van der Waals surface area contributed by atoms with Gasteiger partial charge < -0.3 is 5.73 Å². The van der Waals surface area contributed by atoms with E-state index in [4.69, 9.17) is 5.73 Å². The van der Waals surface area contributed by atoms with E-state index >= 15 is 0 Å². The molecule has 0 spiro atoms. The molecule has 1 unspecified atom stereocenters. The molecule has 0 aliphatic rings. The molecule has 108 valence electrons. The van der Waals surface area contributed by atoms with Crippen LogP contribution in [0.3, 0.4) is 0 Å². The fourth-order valence-electron chi connectivity index (χ4n) is 2.60. The van der Waals surface area contributed by atoms with E-state index in [2.05, 4.69) is 59.3 Å². The van der Waals surface area contributed by atoms with Crippen molar-refractivity contribution in [3.8, 4) is 0 Å². The summed E-state index contributed by atoms with van der Waals surface area (Å²) in [6.45, 7) is 2.25. The van der Waals surface area contributed by atoms with Crippen LogP contribution in [0.15, 0.2) is 40.9 Å². The highest BCUT2D eigenvalue weighted by Gasteiger charge is 2.06. The molecule has 2 heteroatoms. The number of hydrogen-bond donors (Lipinski definition) is 1. The van der Waals surface area contributed by atoms with Gasteiger partial charge in [0, 0.05) is 10.5 Å². The molecule has 2 N–H and O–H groups in total. The van der Waals surface area contributed by atoms with Gasteiger partial charge in [-0.25, -0.2) is 0 Å². The van der Waals surface area contributed by atoms with E-state index in [9.17, 15) is 0 Å². The molecule has 2 aromatic rings. The highest BCUT2D eigenvalue weighted by atomic mass is 79.9. The zero-order valence-corrected chi connectivity index (χ0v) is 13.8. The van der Waals surface area contributed by atoms with E-state index in [0.29, 0.717) is 0 Å². The Morgan fingerprint density at radius 3 is 2.45 bits per heavy atom. The molecule has 0 saturated carbocycles. The van der Waals surface area contributed by atoms with Gasteiger partial charge >= 0.3 is 0 Å². The van der Waals surface area contributed by atoms with E-state index in [-0.39, 0.29) is 6.04 Å². The predicted octanol–water partition coefficient (Wildman–Crippen LogP) is 5.96. The number of halogens is 1. The van der Waals surface area contributed by atoms with Crippen LogP contribution < -0.4 is 5.73 Å². The van der Waals surface area contributed by atoms with Gasteiger partial charge in [0.15, 0.2) is 0 Å². The minimum absolute atomic E-state index is 0.171. The summed E-state index contributed by atoms with van der Waals surface area (Å²) < 4.78 is 1.12. The van der Waals surface area contributed by atoms with Crippen LogP contribution in [0.1, 0.15) is 57.1 Å². The summed E-state index contributed by atoms with van der Waals surface area (Å²) in [6, 6.07) is 13.1. The quantitative estimate of drug-likeness (QED) is 0.621. The second-order valence-corrected chi connectivity index (χ2v) is 6.48. The third kappa shape index (κ3) is 4.32. The average Bonchev–Trinajstić information content (AvgIpc) is 2.46. The Hall–Kier alpha value is -0.860. The Balaban J connectivity index is 1.96. The van der Waals surface area contributed by atoms with Crippen LogP contribution in [0, 0.1) is 0 Å². The topological polar surface area (TPSA) is 26.0 Å². The lowest BCUT2D eigenvalue weighted by atomic mass is 9.98. The molecular formula is C18H24BrN. The Labute approximate surface area is 130 Å². The molecule has 0 aromatic heterocycles. The monoisotopic (exact) mass is 333 g/mol. The van der Waals surface area contributed by atoms with Crippen molar-refractivity contribution in [3.63, 3.8) is 0 Å². The van der Waals surface area contributed by atoms with Crippen molar-refractivity contribution >= 4 is 26.7 Å². The highest BCUT2D eigenvalue weighted by molar-refractivity contribution is 9.10. The largest absolute Gasteiger partial charge is 0.324 e. The molecule has 0 bridgehead atoms. The van der Waals surface area contributed by atoms with Gasteiger partial charge in [-0.2, -0.15) is 0 Å². The minimum Gasteiger partial charge on any atom is -0.324 e. The first-order valence-electron chi connectivity index (χ1n) is 7.65. The average molecular weight is 334 g/mol. The molecule has 2 rings (SSSR count). The summed E-state index contributed by atoms with van der Waals surface area (Å²) in [4.78, 5) is 0. The molecule has 0 aliphatic carbocycles. The Kier molecular flexibility index (Phi) is 6.06. The standard InChI is InChI=1S/C18H24BrN/c1-2-3-4-5-6-7-18(20)16-9-8-15-13-17(19)11-10-14(15)12-16/h8-13,18H,2-7,20H2,1H3. The van der Waals surface area contributed by atoms with E-state index < -0.39 is 0 Å². The summed E-state index contributed by atoms with van der Waals surface area (Å²) >= 11 is 3.51. The number of rotatable bonds is 7. The SMILES string of the molecule is CCCCCCCC(N)c1ccc2cc(Br)ccc2c1. The third-order valence-electron chi connectivity index (χ3n) is 3.87. The number of benzene rings is 2. The maximum atomic E-state index is 6.32. The van der Waals surface area contributed by atoms with Crippen LogP contribution in [0.2, 0.25) is 0 Å². The van der Waals surface area contributed by atoms with E-state index in [1.807, 2.05) is 0 Å². The first-order chi connectivity index (χ1) is 9.70. The van der Waals surface area contributed by atoms with Gasteiger partial charge in [0.05, 0.1) is 0 Å². The Morgan fingerprint density at radius 1 is 0.950 bits per heavy atom. The highest BCUT2D eigenvalue weighted by Crippen LogP contribution is 2.25. The van der Waals surface area contributed by atoms with Crippen LogP contribution in [0.5, 0.6) is 0 Å². The predicted molar refractivity (Wildman–Crippen MR) is 92.0 cm³/mol. The van der Waals surface area contributed by atoms with Gasteiger partial charge in [-0.15, -0.1) is 0 Å². The summed E-state index contributed by atoms with van der Waals surface area (Å²) in [5, 5.41) is 2.53. The van der Waals surface area contributed by atoms with Gasteiger partial charge in [-0.05, 0) is 41.0 Å². The maximum Gasteiger partial charge on any atom is 0.0295 e. The van der Waals surface area contributed by atoms with Crippen molar-refractivity contribution < 1.29 is 0 Å². The smallest absolute Gasteiger partial charge is 0.0295 e. The maximum absolute atomic E-state index is 6.32. The summed E-state index contributed by atoms with van der Waals surface area (Å²) in [5.41, 5.74) is 7.58. The molecule has 0 aliphatic heterocycles. The van der Waals surface area contributed by atoms with E-state index in [1.165, 1.54) is 48.4 Å². The van der Waals surface area contributed by atoms with Crippen molar-refractivity contribution in [2.45, 2.75) is 51.5 Å². The van der Waals surface area contributed by atoms with Crippen molar-refractivity contribution in [3.05, 3.63) is 46.4 Å². The first kappa shape index (κ1) is 15.5. The fraction of sp³-hybridized carbons (Fsp3) is 0.444. The Bertz CT molecular complexity index is 550. The molecule has 1 nitrogen and oxygen atoms in total. The van der Waals surface area contributed by atoms with E-state index in [1.54, 1.807) is 0 Å². The molecule has 0 fully saturated rings. The van der Waals surface area contributed by atoms with Crippen LogP contribution in [0.4, 0.5) is 0 Å². The molecule has 0 heterocycles. The number of nitrogens with two attached hydrogens (primary N) is 1. The lowest BCUT2D eigenvalue weighted by molar-refractivity contribution is 0.555. The molecule has 0 radical (unpaired) electrons. The van der Waals surface area contributed by atoms with Crippen molar-refractivity contribution in [2.24, 2.45) is 5.73 Å². The van der Waals surface area contributed by atoms with Gasteiger partial charge in [-0.1, -0.05) is 73.2 Å². The van der Waals surface area contributed by atoms with Crippen LogP contribution >= 0.6 is 15.9 Å². The summed E-state index contributed by atoms with van der Waals surface area (Å²) in [7, 11) is 0. The minimum atomic E-state index is 0.171. The van der Waals surface area contributed by atoms with Crippen molar-refractivity contribution in [1.29, 1.82) is 0 Å². The zero-order chi connectivity index (χ0) is 14.4. The third-order valence-corrected chi connectivity index (χ3v) is 4.37. The number of hydrogen-bond acceptors (Lipinski definition) is 1. The second-order valence-electron chi connectivity index (χ2n) is 5.56. The Morgan fingerprint density at radius 2 is 1.65 bits per heavy atom.